The van der Waals surface area contributed by atoms with Crippen molar-refractivity contribution in [2.75, 3.05) is 7.11 Å². The molecule has 0 unspecified atom stereocenters. The molecule has 0 fully saturated rings. The van der Waals surface area contributed by atoms with Gasteiger partial charge in [0.05, 0.1) is 17.4 Å². The Bertz CT molecular complexity index is 522. The van der Waals surface area contributed by atoms with Crippen molar-refractivity contribution < 1.29 is 9.66 Å². The minimum Gasteiger partial charge on any atom is -0.490 e. The summed E-state index contributed by atoms with van der Waals surface area (Å²) in [6.07, 6.45) is 0. The number of nitro groups is 1. The molecule has 0 aromatic heterocycles. The van der Waals surface area contributed by atoms with Crippen molar-refractivity contribution in [2.45, 2.75) is 0 Å². The molecule has 0 N–H and O–H groups in total. The summed E-state index contributed by atoms with van der Waals surface area (Å²) in [4.78, 5) is 10.5. The lowest BCUT2D eigenvalue weighted by molar-refractivity contribution is -0.383. The molecule has 2 rings (SSSR count). The average molecular weight is 202 g/mol. The van der Waals surface area contributed by atoms with E-state index in [1.165, 1.54) is 7.11 Å². The summed E-state index contributed by atoms with van der Waals surface area (Å²) < 4.78 is 4.96. The minimum absolute atomic E-state index is 0.00370. The van der Waals surface area contributed by atoms with Crippen LogP contribution < -0.4 is 4.74 Å². The van der Waals surface area contributed by atoms with E-state index >= 15 is 0 Å². The van der Waals surface area contributed by atoms with Gasteiger partial charge < -0.3 is 4.74 Å². The standard InChI is InChI=1S/C11H8NO3/c1-15-10-7-6-8-4-2-3-5-9(8)11(10)12(13)14/h3-7H,1H3. The maximum atomic E-state index is 10.9. The molecule has 0 amide bonds. The van der Waals surface area contributed by atoms with Crippen LogP contribution in [0, 0.1) is 16.2 Å². The smallest absolute Gasteiger partial charge is 0.318 e. The number of ether oxygens (including phenoxy) is 1. The SMILES string of the molecule is COc1ccc2c[c]ccc2c1[N+](=O)[O-]. The first-order valence-electron chi connectivity index (χ1n) is 4.35. The van der Waals surface area contributed by atoms with E-state index in [0.29, 0.717) is 5.39 Å². The Morgan fingerprint density at radius 3 is 2.87 bits per heavy atom. The molecule has 2 aromatic carbocycles. The van der Waals surface area contributed by atoms with Crippen LogP contribution in [0.5, 0.6) is 5.75 Å². The molecule has 0 atom stereocenters. The fourth-order valence-electron chi connectivity index (χ4n) is 1.53. The number of methoxy groups -OCH3 is 1. The zero-order valence-electron chi connectivity index (χ0n) is 8.06. The molecule has 0 heterocycles. The van der Waals surface area contributed by atoms with E-state index in [0.717, 1.165) is 5.39 Å². The highest BCUT2D eigenvalue weighted by molar-refractivity contribution is 5.93. The lowest BCUT2D eigenvalue weighted by Crippen LogP contribution is -1.94. The van der Waals surface area contributed by atoms with Gasteiger partial charge in [-0.25, -0.2) is 0 Å². The van der Waals surface area contributed by atoms with Crippen molar-refractivity contribution in [1.82, 2.24) is 0 Å². The van der Waals surface area contributed by atoms with Gasteiger partial charge in [-0.15, -0.1) is 0 Å². The third-order valence-electron chi connectivity index (χ3n) is 2.20. The number of fused-ring (bicyclic) bond motifs is 1. The van der Waals surface area contributed by atoms with Crippen molar-refractivity contribution in [2.24, 2.45) is 0 Å². The molecule has 0 saturated heterocycles. The Morgan fingerprint density at radius 2 is 2.20 bits per heavy atom. The molecule has 1 radical (unpaired) electrons. The highest BCUT2D eigenvalue weighted by Crippen LogP contribution is 2.34. The van der Waals surface area contributed by atoms with Crippen LogP contribution in [0.2, 0.25) is 0 Å². The first kappa shape index (κ1) is 9.45. The monoisotopic (exact) mass is 202 g/mol. The molecule has 4 heteroatoms. The van der Waals surface area contributed by atoms with E-state index < -0.39 is 4.92 Å². The second-order valence-electron chi connectivity index (χ2n) is 3.02. The molecule has 0 aliphatic rings. The Hall–Kier alpha value is -2.10. The third kappa shape index (κ3) is 1.50. The van der Waals surface area contributed by atoms with Crippen molar-refractivity contribution in [3.8, 4) is 5.75 Å². The largest absolute Gasteiger partial charge is 0.490 e. The fourth-order valence-corrected chi connectivity index (χ4v) is 1.53. The minimum atomic E-state index is -0.429. The lowest BCUT2D eigenvalue weighted by atomic mass is 10.1. The molecular weight excluding hydrogens is 194 g/mol. The van der Waals surface area contributed by atoms with E-state index in [4.69, 9.17) is 4.74 Å². The zero-order valence-corrected chi connectivity index (χ0v) is 8.06. The molecule has 2 aromatic rings. The number of nitrogens with zero attached hydrogens (tertiary/aromatic N) is 1. The van der Waals surface area contributed by atoms with Gasteiger partial charge in [0.1, 0.15) is 0 Å². The van der Waals surface area contributed by atoms with Crippen molar-refractivity contribution >= 4 is 16.5 Å². The van der Waals surface area contributed by atoms with E-state index in [1.807, 2.05) is 0 Å². The number of nitro benzene ring substituents is 1. The van der Waals surface area contributed by atoms with Gasteiger partial charge in [0, 0.05) is 0 Å². The second kappa shape index (κ2) is 3.57. The molecule has 0 spiro atoms. The summed E-state index contributed by atoms with van der Waals surface area (Å²) in [6.45, 7) is 0. The quantitative estimate of drug-likeness (QED) is 0.555. The molecule has 0 aliphatic heterocycles. The van der Waals surface area contributed by atoms with E-state index in [-0.39, 0.29) is 11.4 Å². The number of benzene rings is 2. The van der Waals surface area contributed by atoms with E-state index in [2.05, 4.69) is 6.07 Å². The van der Waals surface area contributed by atoms with Gasteiger partial charge in [-0.1, -0.05) is 12.1 Å². The Morgan fingerprint density at radius 1 is 1.40 bits per heavy atom. The van der Waals surface area contributed by atoms with Crippen LogP contribution in [0.4, 0.5) is 5.69 Å². The van der Waals surface area contributed by atoms with Crippen molar-refractivity contribution in [3.63, 3.8) is 0 Å². The maximum absolute atomic E-state index is 10.9. The molecule has 15 heavy (non-hydrogen) atoms. The van der Waals surface area contributed by atoms with E-state index in [9.17, 15) is 10.1 Å². The Kier molecular flexibility index (Phi) is 2.25. The van der Waals surface area contributed by atoms with Gasteiger partial charge in [-0.05, 0) is 29.7 Å². The van der Waals surface area contributed by atoms with Crippen molar-refractivity contribution in [3.05, 3.63) is 46.5 Å². The van der Waals surface area contributed by atoms with E-state index in [1.54, 1.807) is 30.3 Å². The van der Waals surface area contributed by atoms with Gasteiger partial charge >= 0.3 is 5.69 Å². The van der Waals surface area contributed by atoms with Gasteiger partial charge in [0.25, 0.3) is 0 Å². The summed E-state index contributed by atoms with van der Waals surface area (Å²) >= 11 is 0. The maximum Gasteiger partial charge on any atom is 0.318 e. The van der Waals surface area contributed by atoms with Crippen LogP contribution in [0.25, 0.3) is 10.8 Å². The summed E-state index contributed by atoms with van der Waals surface area (Å²) in [5.41, 5.74) is 0.00370. The Balaban J connectivity index is 2.85. The van der Waals surface area contributed by atoms with Crippen LogP contribution in [0.3, 0.4) is 0 Å². The van der Waals surface area contributed by atoms with Crippen molar-refractivity contribution in [1.29, 1.82) is 0 Å². The molecule has 0 bridgehead atoms. The van der Waals surface area contributed by atoms with Crippen LogP contribution in [-0.4, -0.2) is 12.0 Å². The van der Waals surface area contributed by atoms with Gasteiger partial charge in [-0.3, -0.25) is 10.1 Å². The Labute approximate surface area is 86.2 Å². The predicted molar refractivity (Wildman–Crippen MR) is 56.0 cm³/mol. The van der Waals surface area contributed by atoms with Crippen LogP contribution in [-0.2, 0) is 0 Å². The first-order chi connectivity index (χ1) is 7.24. The second-order valence-corrected chi connectivity index (χ2v) is 3.02. The highest BCUT2D eigenvalue weighted by Gasteiger charge is 2.18. The molecule has 75 valence electrons. The molecule has 0 saturated carbocycles. The van der Waals surface area contributed by atoms with Crippen LogP contribution >= 0.6 is 0 Å². The topological polar surface area (TPSA) is 52.4 Å². The normalized spacial score (nSPS) is 10.2. The van der Waals surface area contributed by atoms with Gasteiger partial charge in [-0.2, -0.15) is 0 Å². The predicted octanol–water partition coefficient (Wildman–Crippen LogP) is 2.56. The molecular formula is C11H8NO3. The summed E-state index contributed by atoms with van der Waals surface area (Å²) in [6, 6.07) is 11.3. The average Bonchev–Trinajstić information content (AvgIpc) is 2.27. The zero-order chi connectivity index (χ0) is 10.8. The number of hydrogen-bond acceptors (Lipinski definition) is 3. The number of rotatable bonds is 2. The summed E-state index contributed by atoms with van der Waals surface area (Å²) in [5, 5.41) is 12.3. The number of hydrogen-bond donors (Lipinski definition) is 0. The molecule has 4 nitrogen and oxygen atoms in total. The lowest BCUT2D eigenvalue weighted by Gasteiger charge is -2.04. The summed E-state index contributed by atoms with van der Waals surface area (Å²) in [7, 11) is 1.42. The van der Waals surface area contributed by atoms with Crippen LogP contribution in [0.1, 0.15) is 0 Å². The fraction of sp³-hybridized carbons (Fsp3) is 0.0909. The first-order valence-corrected chi connectivity index (χ1v) is 4.35. The molecule has 0 aliphatic carbocycles. The highest BCUT2D eigenvalue weighted by atomic mass is 16.6. The van der Waals surface area contributed by atoms with Gasteiger partial charge in [0.15, 0.2) is 5.75 Å². The summed E-state index contributed by atoms with van der Waals surface area (Å²) in [5.74, 6) is 0.277. The van der Waals surface area contributed by atoms with Crippen LogP contribution in [0.15, 0.2) is 30.3 Å². The van der Waals surface area contributed by atoms with Gasteiger partial charge in [0.2, 0.25) is 0 Å². The third-order valence-corrected chi connectivity index (χ3v) is 2.20.